The number of ketones is 1. The van der Waals surface area contributed by atoms with Crippen molar-refractivity contribution in [1.82, 2.24) is 4.90 Å². The van der Waals surface area contributed by atoms with Crippen molar-refractivity contribution in [2.45, 2.75) is 50.8 Å². The number of hydrogen-bond donors (Lipinski definition) is 0. The lowest BCUT2D eigenvalue weighted by molar-refractivity contribution is -0.121. The van der Waals surface area contributed by atoms with Crippen LogP contribution >= 0.6 is 11.8 Å². The molecule has 1 aromatic rings. The number of aryl methyl sites for hydroxylation is 1. The van der Waals surface area contributed by atoms with E-state index in [0.717, 1.165) is 44.8 Å². The number of benzene rings is 1. The van der Waals surface area contributed by atoms with Gasteiger partial charge >= 0.3 is 0 Å². The van der Waals surface area contributed by atoms with Crippen molar-refractivity contribution in [2.24, 2.45) is 5.92 Å². The summed E-state index contributed by atoms with van der Waals surface area (Å²) < 4.78 is 0. The highest BCUT2D eigenvalue weighted by Gasteiger charge is 2.15. The lowest BCUT2D eigenvalue weighted by atomic mass is 10.1. The lowest BCUT2D eigenvalue weighted by Gasteiger charge is -2.25. The second-order valence-corrected chi connectivity index (χ2v) is 7.83. The van der Waals surface area contributed by atoms with Crippen LogP contribution in [0, 0.1) is 5.92 Å². The highest BCUT2D eigenvalue weighted by molar-refractivity contribution is 7.99. The first-order chi connectivity index (χ1) is 10.6. The smallest absolute Gasteiger partial charge is 0.135 e. The molecule has 0 aliphatic carbocycles. The minimum atomic E-state index is 0.432. The Morgan fingerprint density at radius 2 is 1.82 bits per heavy atom. The van der Waals surface area contributed by atoms with E-state index >= 15 is 0 Å². The summed E-state index contributed by atoms with van der Waals surface area (Å²) in [7, 11) is 0. The van der Waals surface area contributed by atoms with E-state index in [0.29, 0.717) is 5.78 Å². The van der Waals surface area contributed by atoms with Gasteiger partial charge < -0.3 is 4.90 Å². The Morgan fingerprint density at radius 3 is 2.45 bits per heavy atom. The normalized spacial score (nSPS) is 16.4. The van der Waals surface area contributed by atoms with E-state index in [1.807, 2.05) is 11.8 Å². The standard InChI is InChI=1S/C19H29NOS/c1-16(2)11-15-22-19-7-5-17(6-8-19)4-3-12-20-13-9-18(21)10-14-20/h5-8,16H,3-4,9-15H2,1-2H3. The molecule has 1 saturated heterocycles. The van der Waals surface area contributed by atoms with Crippen LogP contribution in [0.3, 0.4) is 0 Å². The number of likely N-dealkylation sites (tertiary alicyclic amines) is 1. The maximum atomic E-state index is 11.2. The molecule has 0 amide bonds. The molecule has 2 rings (SSSR count). The molecule has 1 aliphatic rings. The van der Waals surface area contributed by atoms with Crippen molar-refractivity contribution in [3.05, 3.63) is 29.8 Å². The number of Topliss-reactive ketones (excluding diaryl/α,β-unsaturated/α-hetero) is 1. The minimum absolute atomic E-state index is 0.432. The fraction of sp³-hybridized carbons (Fsp3) is 0.632. The Morgan fingerprint density at radius 1 is 1.14 bits per heavy atom. The highest BCUT2D eigenvalue weighted by Crippen LogP contribution is 2.21. The zero-order chi connectivity index (χ0) is 15.8. The molecule has 0 radical (unpaired) electrons. The van der Waals surface area contributed by atoms with Crippen LogP contribution in [0.4, 0.5) is 0 Å². The molecule has 1 aliphatic heterocycles. The second kappa shape index (κ2) is 9.36. The monoisotopic (exact) mass is 319 g/mol. The van der Waals surface area contributed by atoms with Gasteiger partial charge in [-0.15, -0.1) is 11.8 Å². The molecule has 22 heavy (non-hydrogen) atoms. The first-order valence-electron chi connectivity index (χ1n) is 8.59. The minimum Gasteiger partial charge on any atom is -0.302 e. The number of rotatable bonds is 8. The van der Waals surface area contributed by atoms with Crippen LogP contribution in [0.25, 0.3) is 0 Å². The summed E-state index contributed by atoms with van der Waals surface area (Å²) >= 11 is 1.96. The van der Waals surface area contributed by atoms with Gasteiger partial charge in [-0.3, -0.25) is 4.79 Å². The van der Waals surface area contributed by atoms with Crippen molar-refractivity contribution in [3.8, 4) is 0 Å². The molecule has 122 valence electrons. The van der Waals surface area contributed by atoms with Gasteiger partial charge in [0.15, 0.2) is 0 Å². The predicted octanol–water partition coefficient (Wildman–Crippen LogP) is 4.42. The van der Waals surface area contributed by atoms with E-state index in [1.54, 1.807) is 0 Å². The molecule has 1 fully saturated rings. The van der Waals surface area contributed by atoms with Gasteiger partial charge in [0.05, 0.1) is 0 Å². The van der Waals surface area contributed by atoms with E-state index < -0.39 is 0 Å². The van der Waals surface area contributed by atoms with E-state index in [-0.39, 0.29) is 0 Å². The predicted molar refractivity (Wildman–Crippen MR) is 95.6 cm³/mol. The van der Waals surface area contributed by atoms with E-state index in [4.69, 9.17) is 0 Å². The number of carbonyl (C=O) groups is 1. The van der Waals surface area contributed by atoms with Crippen LogP contribution in [0.1, 0.15) is 45.1 Å². The van der Waals surface area contributed by atoms with Crippen LogP contribution < -0.4 is 0 Å². The van der Waals surface area contributed by atoms with E-state index in [1.165, 1.54) is 29.1 Å². The maximum Gasteiger partial charge on any atom is 0.135 e. The van der Waals surface area contributed by atoms with Crippen molar-refractivity contribution < 1.29 is 4.79 Å². The summed E-state index contributed by atoms with van der Waals surface area (Å²) in [6, 6.07) is 9.08. The lowest BCUT2D eigenvalue weighted by Crippen LogP contribution is -2.34. The van der Waals surface area contributed by atoms with Crippen molar-refractivity contribution in [3.63, 3.8) is 0 Å². The van der Waals surface area contributed by atoms with Crippen LogP contribution in [-0.2, 0) is 11.2 Å². The number of piperidine rings is 1. The molecule has 3 heteroatoms. The summed E-state index contributed by atoms with van der Waals surface area (Å²) in [5, 5.41) is 0. The van der Waals surface area contributed by atoms with Crippen LogP contribution in [0.15, 0.2) is 29.2 Å². The third kappa shape index (κ3) is 6.53. The molecule has 0 spiro atoms. The number of nitrogens with zero attached hydrogens (tertiary/aromatic N) is 1. The quantitative estimate of drug-likeness (QED) is 0.661. The van der Waals surface area contributed by atoms with Crippen LogP contribution in [0.2, 0.25) is 0 Å². The van der Waals surface area contributed by atoms with Crippen molar-refractivity contribution in [2.75, 3.05) is 25.4 Å². The zero-order valence-electron chi connectivity index (χ0n) is 14.0. The highest BCUT2D eigenvalue weighted by atomic mass is 32.2. The average Bonchev–Trinajstić information content (AvgIpc) is 2.50. The van der Waals surface area contributed by atoms with Gasteiger partial charge in [-0.2, -0.15) is 0 Å². The fourth-order valence-corrected chi connectivity index (χ4v) is 3.85. The molecular weight excluding hydrogens is 290 g/mol. The molecule has 0 saturated carbocycles. The first-order valence-corrected chi connectivity index (χ1v) is 9.58. The van der Waals surface area contributed by atoms with E-state index in [9.17, 15) is 4.79 Å². The summed E-state index contributed by atoms with van der Waals surface area (Å²) in [5.41, 5.74) is 1.43. The van der Waals surface area contributed by atoms with Gasteiger partial charge in [0, 0.05) is 30.8 Å². The van der Waals surface area contributed by atoms with Gasteiger partial charge in [-0.25, -0.2) is 0 Å². The number of carbonyl (C=O) groups excluding carboxylic acids is 1. The number of hydrogen-bond acceptors (Lipinski definition) is 3. The van der Waals surface area contributed by atoms with Gasteiger partial charge in [0.1, 0.15) is 5.78 Å². The first kappa shape index (κ1) is 17.6. The number of thioether (sulfide) groups is 1. The summed E-state index contributed by atoms with van der Waals surface area (Å²) in [6.45, 7) is 7.61. The molecule has 0 aromatic heterocycles. The second-order valence-electron chi connectivity index (χ2n) is 6.66. The van der Waals surface area contributed by atoms with Gasteiger partial charge in [-0.1, -0.05) is 26.0 Å². The average molecular weight is 320 g/mol. The van der Waals surface area contributed by atoms with Crippen molar-refractivity contribution in [1.29, 1.82) is 0 Å². The van der Waals surface area contributed by atoms with Crippen molar-refractivity contribution >= 4 is 17.5 Å². The molecule has 0 unspecified atom stereocenters. The zero-order valence-corrected chi connectivity index (χ0v) is 14.8. The Bertz CT molecular complexity index is 445. The van der Waals surface area contributed by atoms with E-state index in [2.05, 4.69) is 43.0 Å². The van der Waals surface area contributed by atoms with Gasteiger partial charge in [0.2, 0.25) is 0 Å². The Hall–Kier alpha value is -0.800. The molecule has 0 bridgehead atoms. The topological polar surface area (TPSA) is 20.3 Å². The third-order valence-electron chi connectivity index (χ3n) is 4.24. The Kier molecular flexibility index (Phi) is 7.47. The Balaban J connectivity index is 1.64. The maximum absolute atomic E-state index is 11.2. The van der Waals surface area contributed by atoms with Crippen LogP contribution in [0.5, 0.6) is 0 Å². The molecule has 0 N–H and O–H groups in total. The molecular formula is C19H29NOS. The molecule has 0 atom stereocenters. The summed E-state index contributed by atoms with van der Waals surface area (Å²) in [4.78, 5) is 15.0. The van der Waals surface area contributed by atoms with Crippen LogP contribution in [-0.4, -0.2) is 36.1 Å². The third-order valence-corrected chi connectivity index (χ3v) is 5.29. The summed E-state index contributed by atoms with van der Waals surface area (Å²) in [6.07, 6.45) is 5.12. The Labute approximate surface area is 139 Å². The fourth-order valence-electron chi connectivity index (χ4n) is 2.70. The molecule has 2 nitrogen and oxygen atoms in total. The summed E-state index contributed by atoms with van der Waals surface area (Å²) in [5.74, 6) is 2.43. The largest absolute Gasteiger partial charge is 0.302 e. The van der Waals surface area contributed by atoms with Gasteiger partial charge in [-0.05, 0) is 55.2 Å². The molecule has 1 heterocycles. The van der Waals surface area contributed by atoms with Gasteiger partial charge in [0.25, 0.3) is 0 Å². The molecule has 1 aromatic carbocycles. The SMILES string of the molecule is CC(C)CCSc1ccc(CCCN2CCC(=O)CC2)cc1.